The van der Waals surface area contributed by atoms with Crippen molar-refractivity contribution in [2.75, 3.05) is 18.0 Å². The van der Waals surface area contributed by atoms with Gasteiger partial charge in [0.05, 0.1) is 5.69 Å². The predicted octanol–water partition coefficient (Wildman–Crippen LogP) is 1.64. The first-order valence-electron chi connectivity index (χ1n) is 8.29. The summed E-state index contributed by atoms with van der Waals surface area (Å²) in [5.41, 5.74) is 7.89. The van der Waals surface area contributed by atoms with Gasteiger partial charge in [-0.2, -0.15) is 5.10 Å². The molecule has 0 radical (unpaired) electrons. The Kier molecular flexibility index (Phi) is 5.05. The number of aryl methyl sites for hydroxylation is 1. The van der Waals surface area contributed by atoms with Crippen molar-refractivity contribution in [3.63, 3.8) is 0 Å². The Labute approximate surface area is 142 Å². The molecule has 1 unspecified atom stereocenters. The van der Waals surface area contributed by atoms with Crippen molar-refractivity contribution >= 4 is 11.7 Å². The summed E-state index contributed by atoms with van der Waals surface area (Å²) in [5.74, 6) is 0.551. The molecule has 1 fully saturated rings. The van der Waals surface area contributed by atoms with Gasteiger partial charge < -0.3 is 16.0 Å². The van der Waals surface area contributed by atoms with Crippen molar-refractivity contribution < 1.29 is 4.79 Å². The Hall–Kier alpha value is -2.47. The van der Waals surface area contributed by atoms with Crippen LogP contribution in [-0.2, 0) is 6.54 Å². The molecule has 24 heavy (non-hydrogen) atoms. The summed E-state index contributed by atoms with van der Waals surface area (Å²) < 4.78 is 0. The van der Waals surface area contributed by atoms with Crippen LogP contribution in [0.1, 0.15) is 34.5 Å². The van der Waals surface area contributed by atoms with E-state index in [2.05, 4.69) is 20.4 Å². The zero-order valence-electron chi connectivity index (χ0n) is 13.9. The van der Waals surface area contributed by atoms with E-state index in [4.69, 9.17) is 5.73 Å². The lowest BCUT2D eigenvalue weighted by atomic mass is 10.0. The highest BCUT2D eigenvalue weighted by Gasteiger charge is 2.20. The highest BCUT2D eigenvalue weighted by atomic mass is 16.1. The minimum Gasteiger partial charge on any atom is -0.366 e. The number of carbonyl (C=O) groups excluding carboxylic acids is 1. The number of nitrogens with two attached hydrogens (primary N) is 1. The van der Waals surface area contributed by atoms with E-state index in [1.807, 2.05) is 31.2 Å². The van der Waals surface area contributed by atoms with Gasteiger partial charge >= 0.3 is 0 Å². The molecule has 6 heteroatoms. The van der Waals surface area contributed by atoms with Crippen LogP contribution in [0.5, 0.6) is 0 Å². The van der Waals surface area contributed by atoms with Crippen molar-refractivity contribution in [3.05, 3.63) is 53.2 Å². The van der Waals surface area contributed by atoms with Crippen LogP contribution in [0.3, 0.4) is 0 Å². The van der Waals surface area contributed by atoms with Crippen molar-refractivity contribution in [1.29, 1.82) is 0 Å². The molecule has 0 spiro atoms. The molecule has 1 amide bonds. The maximum absolute atomic E-state index is 11.1. The van der Waals surface area contributed by atoms with Crippen LogP contribution in [0, 0.1) is 6.92 Å². The number of rotatable bonds is 5. The molecular formula is C18H23N5O. The summed E-state index contributed by atoms with van der Waals surface area (Å²) in [4.78, 5) is 13.4. The molecule has 0 aliphatic carbocycles. The number of anilines is 1. The number of hydrogen-bond acceptors (Lipinski definition) is 5. The topological polar surface area (TPSA) is 84.1 Å². The Morgan fingerprint density at radius 3 is 2.71 bits per heavy atom. The van der Waals surface area contributed by atoms with E-state index in [9.17, 15) is 4.79 Å². The second-order valence-electron chi connectivity index (χ2n) is 6.26. The van der Waals surface area contributed by atoms with Gasteiger partial charge in [-0.15, -0.1) is 5.10 Å². The van der Waals surface area contributed by atoms with Crippen molar-refractivity contribution in [1.82, 2.24) is 15.5 Å². The molecule has 1 aliphatic rings. The van der Waals surface area contributed by atoms with Gasteiger partial charge in [0, 0.05) is 31.2 Å². The quantitative estimate of drug-likeness (QED) is 0.873. The molecule has 1 aromatic heterocycles. The van der Waals surface area contributed by atoms with E-state index in [1.54, 1.807) is 12.1 Å². The predicted molar refractivity (Wildman–Crippen MR) is 93.8 cm³/mol. The third-order valence-corrected chi connectivity index (χ3v) is 4.36. The first-order valence-corrected chi connectivity index (χ1v) is 8.29. The van der Waals surface area contributed by atoms with Crippen LogP contribution in [0.25, 0.3) is 0 Å². The zero-order chi connectivity index (χ0) is 16.9. The van der Waals surface area contributed by atoms with Gasteiger partial charge in [0.2, 0.25) is 5.91 Å². The lowest BCUT2D eigenvalue weighted by molar-refractivity contribution is 0.100. The van der Waals surface area contributed by atoms with Crippen LogP contribution < -0.4 is 16.0 Å². The normalized spacial score (nSPS) is 17.7. The molecule has 1 atom stereocenters. The number of aromatic nitrogens is 2. The van der Waals surface area contributed by atoms with Gasteiger partial charge in [-0.25, -0.2) is 0 Å². The first kappa shape index (κ1) is 16.4. The van der Waals surface area contributed by atoms with Crippen LogP contribution >= 0.6 is 0 Å². The standard InChI is InChI=1S/C18H23N5O/c1-13-4-9-17(22-21-13)23-10-2-3-16(12-23)20-11-14-5-7-15(8-6-14)18(19)24/h4-9,16,20H,2-3,10-12H2,1H3,(H2,19,24). The number of nitrogens with one attached hydrogen (secondary N) is 1. The van der Waals surface area contributed by atoms with Crippen molar-refractivity contribution in [2.24, 2.45) is 5.73 Å². The van der Waals surface area contributed by atoms with Gasteiger partial charge in [-0.05, 0) is 49.6 Å². The Bertz CT molecular complexity index is 684. The van der Waals surface area contributed by atoms with Gasteiger partial charge in [0.25, 0.3) is 0 Å². The Morgan fingerprint density at radius 2 is 2.04 bits per heavy atom. The van der Waals surface area contributed by atoms with Crippen molar-refractivity contribution in [2.45, 2.75) is 32.4 Å². The fourth-order valence-electron chi connectivity index (χ4n) is 2.96. The highest BCUT2D eigenvalue weighted by Crippen LogP contribution is 2.17. The Balaban J connectivity index is 1.55. The number of carbonyl (C=O) groups is 1. The molecule has 1 aromatic carbocycles. The molecule has 2 heterocycles. The number of primary amides is 1. The van der Waals surface area contributed by atoms with E-state index >= 15 is 0 Å². The van der Waals surface area contributed by atoms with E-state index in [0.29, 0.717) is 11.6 Å². The summed E-state index contributed by atoms with van der Waals surface area (Å²) in [6, 6.07) is 11.9. The number of piperidine rings is 1. The van der Waals surface area contributed by atoms with Gasteiger partial charge in [0.1, 0.15) is 0 Å². The SMILES string of the molecule is Cc1ccc(N2CCCC(NCc3ccc(C(N)=O)cc3)C2)nn1. The molecule has 2 aromatic rings. The molecule has 6 nitrogen and oxygen atoms in total. The summed E-state index contributed by atoms with van der Waals surface area (Å²) >= 11 is 0. The fourth-order valence-corrected chi connectivity index (χ4v) is 2.96. The monoisotopic (exact) mass is 325 g/mol. The number of nitrogens with zero attached hydrogens (tertiary/aromatic N) is 3. The molecule has 1 saturated heterocycles. The van der Waals surface area contributed by atoms with Crippen LogP contribution in [-0.4, -0.2) is 35.2 Å². The molecule has 1 aliphatic heterocycles. The van der Waals surface area contributed by atoms with E-state index in [-0.39, 0.29) is 0 Å². The fraction of sp³-hybridized carbons (Fsp3) is 0.389. The molecule has 3 rings (SSSR count). The molecule has 0 saturated carbocycles. The lowest BCUT2D eigenvalue weighted by Crippen LogP contribution is -2.45. The van der Waals surface area contributed by atoms with E-state index < -0.39 is 5.91 Å². The van der Waals surface area contributed by atoms with Gasteiger partial charge in [0.15, 0.2) is 5.82 Å². The minimum absolute atomic E-state index is 0.392. The summed E-state index contributed by atoms with van der Waals surface area (Å²) in [5, 5.41) is 12.0. The molecular weight excluding hydrogens is 302 g/mol. The van der Waals surface area contributed by atoms with E-state index in [0.717, 1.165) is 49.6 Å². The first-order chi connectivity index (χ1) is 11.6. The maximum atomic E-state index is 11.1. The number of hydrogen-bond donors (Lipinski definition) is 2. The number of amides is 1. The third kappa shape index (κ3) is 4.08. The largest absolute Gasteiger partial charge is 0.366 e. The van der Waals surface area contributed by atoms with E-state index in [1.165, 1.54) is 0 Å². The van der Waals surface area contributed by atoms with Crippen molar-refractivity contribution in [3.8, 4) is 0 Å². The average Bonchev–Trinajstić information content (AvgIpc) is 2.61. The summed E-state index contributed by atoms with van der Waals surface area (Å²) in [6.45, 7) is 4.66. The second-order valence-corrected chi connectivity index (χ2v) is 6.26. The van der Waals surface area contributed by atoms with Gasteiger partial charge in [-0.3, -0.25) is 4.79 Å². The smallest absolute Gasteiger partial charge is 0.248 e. The second kappa shape index (κ2) is 7.40. The van der Waals surface area contributed by atoms with Crippen LogP contribution in [0.4, 0.5) is 5.82 Å². The highest BCUT2D eigenvalue weighted by molar-refractivity contribution is 5.92. The Morgan fingerprint density at radius 1 is 1.25 bits per heavy atom. The lowest BCUT2D eigenvalue weighted by Gasteiger charge is -2.33. The number of benzene rings is 1. The molecule has 0 bridgehead atoms. The van der Waals surface area contributed by atoms with Crippen LogP contribution in [0.15, 0.2) is 36.4 Å². The third-order valence-electron chi connectivity index (χ3n) is 4.36. The molecule has 3 N–H and O–H groups in total. The summed E-state index contributed by atoms with van der Waals surface area (Å²) in [7, 11) is 0. The summed E-state index contributed by atoms with van der Waals surface area (Å²) in [6.07, 6.45) is 2.28. The molecule has 126 valence electrons. The van der Waals surface area contributed by atoms with Crippen LogP contribution in [0.2, 0.25) is 0 Å². The minimum atomic E-state index is -0.392. The van der Waals surface area contributed by atoms with Gasteiger partial charge in [-0.1, -0.05) is 12.1 Å². The average molecular weight is 325 g/mol. The maximum Gasteiger partial charge on any atom is 0.248 e. The zero-order valence-corrected chi connectivity index (χ0v) is 13.9.